The molecule has 1 atom stereocenters. The second-order valence-corrected chi connectivity index (χ2v) is 6.02. The molecule has 0 saturated heterocycles. The van der Waals surface area contributed by atoms with Gasteiger partial charge in [0.25, 0.3) is 5.91 Å². The van der Waals surface area contributed by atoms with Crippen molar-refractivity contribution >= 4 is 17.6 Å². The van der Waals surface area contributed by atoms with Crippen molar-refractivity contribution in [2.45, 2.75) is 6.04 Å². The number of benzene rings is 2. The van der Waals surface area contributed by atoms with Gasteiger partial charge in [-0.05, 0) is 29.8 Å². The average molecular weight is 363 g/mol. The topological polar surface area (TPSA) is 69.0 Å². The molecule has 4 rings (SSSR count). The molecule has 0 spiro atoms. The molecule has 1 unspecified atom stereocenters. The highest BCUT2D eigenvalue weighted by Gasteiger charge is 2.33. The van der Waals surface area contributed by atoms with E-state index in [1.54, 1.807) is 11.0 Å². The number of hydrogen-bond acceptors (Lipinski definition) is 5. The molecule has 2 aromatic carbocycles. The number of hydrogen-bond donors (Lipinski definition) is 0. The van der Waals surface area contributed by atoms with Gasteiger partial charge in [-0.3, -0.25) is 9.69 Å². The van der Waals surface area contributed by atoms with Crippen molar-refractivity contribution in [3.05, 3.63) is 84.3 Å². The minimum Gasteiger partial charge on any atom is -0.489 e. The van der Waals surface area contributed by atoms with E-state index in [4.69, 9.17) is 13.9 Å². The number of para-hydroxylation sites is 2. The van der Waals surface area contributed by atoms with E-state index < -0.39 is 12.6 Å². The number of furan rings is 1. The molecule has 1 aliphatic rings. The van der Waals surface area contributed by atoms with Crippen molar-refractivity contribution in [1.82, 2.24) is 0 Å². The molecule has 1 amide bonds. The molecule has 6 nitrogen and oxygen atoms in total. The lowest BCUT2D eigenvalue weighted by Gasteiger charge is -2.37. The predicted molar refractivity (Wildman–Crippen MR) is 97.6 cm³/mol. The van der Waals surface area contributed by atoms with Crippen molar-refractivity contribution in [1.29, 1.82) is 0 Å². The van der Waals surface area contributed by atoms with Gasteiger partial charge in [-0.25, -0.2) is 4.79 Å². The van der Waals surface area contributed by atoms with E-state index in [0.29, 0.717) is 18.0 Å². The standard InChI is InChI=1S/C21H17NO5/c23-20(14-27-21(24)19-11-6-12-25-19)22-16-9-4-5-10-18(16)26-13-17(22)15-7-2-1-3-8-15/h1-12,17H,13-14H2. The molecule has 136 valence electrons. The highest BCUT2D eigenvalue weighted by atomic mass is 16.5. The maximum Gasteiger partial charge on any atom is 0.374 e. The number of carbonyl (C=O) groups excluding carboxylic acids is 2. The Balaban J connectivity index is 1.59. The van der Waals surface area contributed by atoms with Crippen LogP contribution in [-0.4, -0.2) is 25.1 Å². The molecule has 0 fully saturated rings. The van der Waals surface area contributed by atoms with E-state index in [1.165, 1.54) is 12.3 Å². The van der Waals surface area contributed by atoms with Crippen LogP contribution in [0, 0.1) is 0 Å². The molecule has 1 aromatic heterocycles. The summed E-state index contributed by atoms with van der Waals surface area (Å²) in [4.78, 5) is 26.6. The Bertz CT molecular complexity index is 936. The number of esters is 1. The van der Waals surface area contributed by atoms with Crippen LogP contribution in [0.25, 0.3) is 0 Å². The Kier molecular flexibility index (Phi) is 4.61. The minimum atomic E-state index is -0.675. The summed E-state index contributed by atoms with van der Waals surface area (Å²) in [5.74, 6) is -0.328. The Hall–Kier alpha value is -3.54. The first-order valence-electron chi connectivity index (χ1n) is 8.53. The van der Waals surface area contributed by atoms with E-state index in [-0.39, 0.29) is 17.7 Å². The first-order chi connectivity index (χ1) is 13.2. The van der Waals surface area contributed by atoms with Crippen molar-refractivity contribution in [2.24, 2.45) is 0 Å². The van der Waals surface area contributed by atoms with Crippen LogP contribution >= 0.6 is 0 Å². The fourth-order valence-electron chi connectivity index (χ4n) is 3.08. The maximum atomic E-state index is 13.0. The lowest BCUT2D eigenvalue weighted by Crippen LogP contribution is -2.43. The van der Waals surface area contributed by atoms with Gasteiger partial charge in [-0.15, -0.1) is 0 Å². The Morgan fingerprint density at radius 1 is 1.00 bits per heavy atom. The van der Waals surface area contributed by atoms with E-state index in [2.05, 4.69) is 0 Å². The van der Waals surface area contributed by atoms with Gasteiger partial charge >= 0.3 is 5.97 Å². The van der Waals surface area contributed by atoms with Crippen LogP contribution in [-0.2, 0) is 9.53 Å². The summed E-state index contributed by atoms with van der Waals surface area (Å²) in [6.07, 6.45) is 1.38. The number of nitrogens with zero attached hydrogens (tertiary/aromatic N) is 1. The number of anilines is 1. The molecule has 6 heteroatoms. The van der Waals surface area contributed by atoms with Crippen molar-refractivity contribution in [2.75, 3.05) is 18.1 Å². The van der Waals surface area contributed by atoms with Crippen LogP contribution in [0.1, 0.15) is 22.2 Å². The molecule has 0 saturated carbocycles. The quantitative estimate of drug-likeness (QED) is 0.663. The van der Waals surface area contributed by atoms with E-state index in [1.807, 2.05) is 54.6 Å². The molecular formula is C21H17NO5. The normalized spacial score (nSPS) is 15.6. The third kappa shape index (κ3) is 3.42. The van der Waals surface area contributed by atoms with Crippen LogP contribution in [0.4, 0.5) is 5.69 Å². The van der Waals surface area contributed by atoms with E-state index in [9.17, 15) is 9.59 Å². The maximum absolute atomic E-state index is 13.0. The second kappa shape index (κ2) is 7.37. The molecular weight excluding hydrogens is 346 g/mol. The molecule has 0 N–H and O–H groups in total. The molecule has 0 aliphatic carbocycles. The second-order valence-electron chi connectivity index (χ2n) is 6.02. The Labute approximate surface area is 155 Å². The van der Waals surface area contributed by atoms with Crippen molar-refractivity contribution < 1.29 is 23.5 Å². The number of carbonyl (C=O) groups is 2. The summed E-state index contributed by atoms with van der Waals surface area (Å²) in [5, 5.41) is 0. The predicted octanol–water partition coefficient (Wildman–Crippen LogP) is 3.60. The number of amides is 1. The van der Waals surface area contributed by atoms with Crippen LogP contribution in [0.5, 0.6) is 5.75 Å². The summed E-state index contributed by atoms with van der Waals surface area (Å²) >= 11 is 0. The molecule has 0 bridgehead atoms. The van der Waals surface area contributed by atoms with Crippen LogP contribution in [0.2, 0.25) is 0 Å². The number of rotatable bonds is 4. The first kappa shape index (κ1) is 16.9. The average Bonchev–Trinajstić information content (AvgIpc) is 3.26. The summed E-state index contributed by atoms with van der Waals surface area (Å²) < 4.78 is 16.0. The third-order valence-electron chi connectivity index (χ3n) is 4.34. The Morgan fingerprint density at radius 2 is 1.78 bits per heavy atom. The lowest BCUT2D eigenvalue weighted by molar-refractivity contribution is -0.122. The van der Waals surface area contributed by atoms with Gasteiger partial charge in [0.05, 0.1) is 18.0 Å². The minimum absolute atomic E-state index is 0.0600. The third-order valence-corrected chi connectivity index (χ3v) is 4.34. The zero-order valence-electron chi connectivity index (χ0n) is 14.4. The summed E-state index contributed by atoms with van der Waals surface area (Å²) in [5.41, 5.74) is 1.59. The fraction of sp³-hybridized carbons (Fsp3) is 0.143. The number of fused-ring (bicyclic) bond motifs is 1. The molecule has 0 radical (unpaired) electrons. The smallest absolute Gasteiger partial charge is 0.374 e. The molecule has 1 aliphatic heterocycles. The zero-order chi connectivity index (χ0) is 18.6. The highest BCUT2D eigenvalue weighted by Crippen LogP contribution is 2.39. The van der Waals surface area contributed by atoms with E-state index in [0.717, 1.165) is 5.56 Å². The monoisotopic (exact) mass is 363 g/mol. The molecule has 3 aromatic rings. The van der Waals surface area contributed by atoms with Crippen LogP contribution < -0.4 is 9.64 Å². The Morgan fingerprint density at radius 3 is 2.56 bits per heavy atom. The van der Waals surface area contributed by atoms with Crippen LogP contribution in [0.15, 0.2) is 77.4 Å². The fourth-order valence-corrected chi connectivity index (χ4v) is 3.08. The van der Waals surface area contributed by atoms with E-state index >= 15 is 0 Å². The van der Waals surface area contributed by atoms with Gasteiger partial charge in [0.1, 0.15) is 12.4 Å². The SMILES string of the molecule is O=C(OCC(=O)N1c2ccccc2OCC1c1ccccc1)c1ccco1. The highest BCUT2D eigenvalue weighted by molar-refractivity contribution is 5.98. The van der Waals surface area contributed by atoms with Crippen molar-refractivity contribution in [3.63, 3.8) is 0 Å². The summed E-state index contributed by atoms with van der Waals surface area (Å²) in [6, 6.07) is 19.7. The largest absolute Gasteiger partial charge is 0.489 e. The van der Waals surface area contributed by atoms with Gasteiger partial charge in [0.15, 0.2) is 6.61 Å². The molecule has 2 heterocycles. The van der Waals surface area contributed by atoms with Crippen molar-refractivity contribution in [3.8, 4) is 5.75 Å². The molecule has 27 heavy (non-hydrogen) atoms. The zero-order valence-corrected chi connectivity index (χ0v) is 14.4. The summed E-state index contributed by atoms with van der Waals surface area (Å²) in [7, 11) is 0. The first-order valence-corrected chi connectivity index (χ1v) is 8.53. The van der Waals surface area contributed by atoms with Crippen LogP contribution in [0.3, 0.4) is 0 Å². The van der Waals surface area contributed by atoms with Gasteiger partial charge < -0.3 is 13.9 Å². The van der Waals surface area contributed by atoms with Gasteiger partial charge in [-0.1, -0.05) is 42.5 Å². The number of ether oxygens (including phenoxy) is 2. The van der Waals surface area contributed by atoms with Gasteiger partial charge in [-0.2, -0.15) is 0 Å². The van der Waals surface area contributed by atoms with Gasteiger partial charge in [0.2, 0.25) is 5.76 Å². The lowest BCUT2D eigenvalue weighted by atomic mass is 10.0. The summed E-state index contributed by atoms with van der Waals surface area (Å²) in [6.45, 7) is -0.0733. The van der Waals surface area contributed by atoms with Gasteiger partial charge in [0, 0.05) is 0 Å².